The van der Waals surface area contributed by atoms with Gasteiger partial charge in [-0.1, -0.05) is 30.3 Å². The Kier molecular flexibility index (Phi) is 2.91. The molecular formula is C11H11NOS. The predicted octanol–water partition coefficient (Wildman–Crippen LogP) is 2.34. The van der Waals surface area contributed by atoms with Crippen molar-refractivity contribution in [3.63, 3.8) is 0 Å². The van der Waals surface area contributed by atoms with E-state index in [1.54, 1.807) is 11.3 Å². The lowest BCUT2D eigenvalue weighted by Gasteiger charge is -1.93. The van der Waals surface area contributed by atoms with Crippen molar-refractivity contribution in [1.82, 2.24) is 4.98 Å². The molecule has 1 N–H and O–H groups in total. The minimum Gasteiger partial charge on any atom is -0.396 e. The molecule has 1 aromatic carbocycles. The highest BCUT2D eigenvalue weighted by Crippen LogP contribution is 2.24. The SMILES string of the molecule is OCCc1cnc(-c2ccccc2)s1. The second-order valence-corrected chi connectivity index (χ2v) is 4.09. The zero-order chi connectivity index (χ0) is 9.80. The zero-order valence-corrected chi connectivity index (χ0v) is 8.50. The van der Waals surface area contributed by atoms with E-state index in [0.717, 1.165) is 15.4 Å². The van der Waals surface area contributed by atoms with Gasteiger partial charge in [-0.25, -0.2) is 4.98 Å². The Balaban J connectivity index is 2.25. The van der Waals surface area contributed by atoms with Crippen molar-refractivity contribution in [1.29, 1.82) is 0 Å². The van der Waals surface area contributed by atoms with Gasteiger partial charge in [-0.05, 0) is 0 Å². The fourth-order valence-electron chi connectivity index (χ4n) is 1.25. The van der Waals surface area contributed by atoms with E-state index in [-0.39, 0.29) is 6.61 Å². The van der Waals surface area contributed by atoms with Gasteiger partial charge in [0.25, 0.3) is 0 Å². The highest BCUT2D eigenvalue weighted by Gasteiger charge is 2.02. The van der Waals surface area contributed by atoms with E-state index >= 15 is 0 Å². The highest BCUT2D eigenvalue weighted by atomic mass is 32.1. The van der Waals surface area contributed by atoms with Gasteiger partial charge >= 0.3 is 0 Å². The van der Waals surface area contributed by atoms with Crippen LogP contribution in [0.15, 0.2) is 36.5 Å². The van der Waals surface area contributed by atoms with Gasteiger partial charge in [0.1, 0.15) is 5.01 Å². The third-order valence-electron chi connectivity index (χ3n) is 1.93. The minimum absolute atomic E-state index is 0.191. The molecule has 1 heterocycles. The van der Waals surface area contributed by atoms with E-state index in [0.29, 0.717) is 6.42 Å². The standard InChI is InChI=1S/C11H11NOS/c13-7-6-10-8-12-11(14-10)9-4-2-1-3-5-9/h1-5,8,13H,6-7H2. The van der Waals surface area contributed by atoms with Crippen molar-refractivity contribution in [2.45, 2.75) is 6.42 Å². The molecule has 0 radical (unpaired) electrons. The summed E-state index contributed by atoms with van der Waals surface area (Å²) in [5.74, 6) is 0. The number of nitrogens with zero attached hydrogens (tertiary/aromatic N) is 1. The Morgan fingerprint density at radius 3 is 2.71 bits per heavy atom. The van der Waals surface area contributed by atoms with Crippen LogP contribution in [0.3, 0.4) is 0 Å². The first-order valence-corrected chi connectivity index (χ1v) is 5.33. The number of aliphatic hydroxyl groups excluding tert-OH is 1. The summed E-state index contributed by atoms with van der Waals surface area (Å²) in [6, 6.07) is 10.1. The van der Waals surface area contributed by atoms with Gasteiger partial charge in [0, 0.05) is 29.7 Å². The summed E-state index contributed by atoms with van der Waals surface area (Å²) in [5.41, 5.74) is 1.14. The van der Waals surface area contributed by atoms with Crippen LogP contribution >= 0.6 is 11.3 Å². The molecular weight excluding hydrogens is 194 g/mol. The number of aromatic nitrogens is 1. The molecule has 2 aromatic rings. The summed E-state index contributed by atoms with van der Waals surface area (Å²) < 4.78 is 0. The molecule has 0 bridgehead atoms. The van der Waals surface area contributed by atoms with E-state index in [9.17, 15) is 0 Å². The maximum Gasteiger partial charge on any atom is 0.123 e. The van der Waals surface area contributed by atoms with E-state index in [2.05, 4.69) is 4.98 Å². The van der Waals surface area contributed by atoms with Crippen molar-refractivity contribution >= 4 is 11.3 Å². The number of rotatable bonds is 3. The molecule has 2 rings (SSSR count). The highest BCUT2D eigenvalue weighted by molar-refractivity contribution is 7.15. The molecule has 0 saturated carbocycles. The first-order chi connectivity index (χ1) is 6.90. The fourth-order valence-corrected chi connectivity index (χ4v) is 2.15. The minimum atomic E-state index is 0.191. The van der Waals surface area contributed by atoms with Crippen molar-refractivity contribution < 1.29 is 5.11 Å². The van der Waals surface area contributed by atoms with Crippen LogP contribution < -0.4 is 0 Å². The van der Waals surface area contributed by atoms with Crippen LogP contribution in [0.5, 0.6) is 0 Å². The molecule has 3 heteroatoms. The molecule has 0 amide bonds. The Labute approximate surface area is 86.9 Å². The summed E-state index contributed by atoms with van der Waals surface area (Å²) in [5, 5.41) is 9.80. The van der Waals surface area contributed by atoms with Crippen LogP contribution in [0.2, 0.25) is 0 Å². The average molecular weight is 205 g/mol. The first-order valence-electron chi connectivity index (χ1n) is 4.51. The van der Waals surface area contributed by atoms with Crippen molar-refractivity contribution in [3.05, 3.63) is 41.4 Å². The van der Waals surface area contributed by atoms with Crippen LogP contribution in [-0.4, -0.2) is 16.7 Å². The average Bonchev–Trinajstić information content (AvgIpc) is 2.68. The predicted molar refractivity (Wildman–Crippen MR) is 58.3 cm³/mol. The number of thiazole rings is 1. The molecule has 0 atom stereocenters. The number of aliphatic hydroxyl groups is 1. The van der Waals surface area contributed by atoms with E-state index in [1.807, 2.05) is 36.5 Å². The maximum atomic E-state index is 8.78. The van der Waals surface area contributed by atoms with Gasteiger partial charge < -0.3 is 5.11 Å². The van der Waals surface area contributed by atoms with Crippen LogP contribution in [0.4, 0.5) is 0 Å². The summed E-state index contributed by atoms with van der Waals surface area (Å²) in [4.78, 5) is 5.44. The van der Waals surface area contributed by atoms with E-state index in [4.69, 9.17) is 5.11 Å². The molecule has 0 fully saturated rings. The molecule has 0 aliphatic carbocycles. The number of benzene rings is 1. The van der Waals surface area contributed by atoms with Crippen molar-refractivity contribution in [2.24, 2.45) is 0 Å². The summed E-state index contributed by atoms with van der Waals surface area (Å²) >= 11 is 1.64. The third kappa shape index (κ3) is 2.00. The second-order valence-electron chi connectivity index (χ2n) is 2.97. The summed E-state index contributed by atoms with van der Waals surface area (Å²) in [6.45, 7) is 0.191. The van der Waals surface area contributed by atoms with Crippen LogP contribution in [0, 0.1) is 0 Å². The second kappa shape index (κ2) is 4.35. The summed E-state index contributed by atoms with van der Waals surface area (Å²) in [6.07, 6.45) is 2.54. The van der Waals surface area contributed by atoms with Gasteiger partial charge in [-0.15, -0.1) is 11.3 Å². The molecule has 0 saturated heterocycles. The van der Waals surface area contributed by atoms with Gasteiger partial charge in [0.05, 0.1) is 0 Å². The third-order valence-corrected chi connectivity index (χ3v) is 3.04. The first kappa shape index (κ1) is 9.37. The fraction of sp³-hybridized carbons (Fsp3) is 0.182. The van der Waals surface area contributed by atoms with Crippen LogP contribution in [0.1, 0.15) is 4.88 Å². The van der Waals surface area contributed by atoms with Gasteiger partial charge in [0.2, 0.25) is 0 Å². The maximum absolute atomic E-state index is 8.78. The quantitative estimate of drug-likeness (QED) is 0.834. The topological polar surface area (TPSA) is 33.1 Å². The molecule has 0 unspecified atom stereocenters. The summed E-state index contributed by atoms with van der Waals surface area (Å²) in [7, 11) is 0. The number of hydrogen-bond acceptors (Lipinski definition) is 3. The van der Waals surface area contributed by atoms with Crippen molar-refractivity contribution in [3.8, 4) is 10.6 Å². The molecule has 0 aliphatic rings. The Morgan fingerprint density at radius 1 is 1.21 bits per heavy atom. The van der Waals surface area contributed by atoms with Crippen LogP contribution in [0.25, 0.3) is 10.6 Å². The van der Waals surface area contributed by atoms with E-state index < -0.39 is 0 Å². The van der Waals surface area contributed by atoms with Crippen LogP contribution in [-0.2, 0) is 6.42 Å². The number of hydrogen-bond donors (Lipinski definition) is 1. The van der Waals surface area contributed by atoms with Gasteiger partial charge in [-0.3, -0.25) is 0 Å². The lowest BCUT2D eigenvalue weighted by molar-refractivity contribution is 0.300. The van der Waals surface area contributed by atoms with Gasteiger partial charge in [0.15, 0.2) is 0 Å². The van der Waals surface area contributed by atoms with Crippen molar-refractivity contribution in [2.75, 3.05) is 6.61 Å². The molecule has 14 heavy (non-hydrogen) atoms. The van der Waals surface area contributed by atoms with Gasteiger partial charge in [-0.2, -0.15) is 0 Å². The van der Waals surface area contributed by atoms with E-state index in [1.165, 1.54) is 0 Å². The monoisotopic (exact) mass is 205 g/mol. The molecule has 0 aliphatic heterocycles. The molecule has 0 spiro atoms. The Hall–Kier alpha value is -1.19. The normalized spacial score (nSPS) is 10.4. The molecule has 72 valence electrons. The molecule has 1 aromatic heterocycles. The lowest BCUT2D eigenvalue weighted by Crippen LogP contribution is -1.84. The zero-order valence-electron chi connectivity index (χ0n) is 7.68. The largest absolute Gasteiger partial charge is 0.396 e. The molecule has 2 nitrogen and oxygen atoms in total. The smallest absolute Gasteiger partial charge is 0.123 e. The Morgan fingerprint density at radius 2 is 2.00 bits per heavy atom. The Bertz CT molecular complexity index is 397. The lowest BCUT2D eigenvalue weighted by atomic mass is 10.2.